The normalized spacial score (nSPS) is 11.8. The Balaban J connectivity index is 2.67. The van der Waals surface area contributed by atoms with E-state index in [1.807, 2.05) is 26.8 Å². The highest BCUT2D eigenvalue weighted by molar-refractivity contribution is 5.44. The molecule has 16 heavy (non-hydrogen) atoms. The summed E-state index contributed by atoms with van der Waals surface area (Å²) < 4.78 is 15.5. The van der Waals surface area contributed by atoms with Gasteiger partial charge in [-0.15, -0.1) is 0 Å². The van der Waals surface area contributed by atoms with Crippen LogP contribution < -0.4 is 0 Å². The summed E-state index contributed by atoms with van der Waals surface area (Å²) in [5.74, 6) is -0.208. The largest absolute Gasteiger partial charge is 0.223 e. The van der Waals surface area contributed by atoms with Crippen LogP contribution in [-0.2, 0) is 5.41 Å². The van der Waals surface area contributed by atoms with Gasteiger partial charge in [0.15, 0.2) is 0 Å². The van der Waals surface area contributed by atoms with Gasteiger partial charge < -0.3 is 0 Å². The standard InChI is InChI=1S/C12H14FN3/c1-12(2,3)11-9(13)5-4-6-10(11)16-8-14-7-15-16/h4-8H,1-3H3. The van der Waals surface area contributed by atoms with E-state index in [4.69, 9.17) is 0 Å². The molecule has 0 aliphatic rings. The minimum atomic E-state index is -0.271. The van der Waals surface area contributed by atoms with E-state index in [0.717, 1.165) is 5.69 Å². The summed E-state index contributed by atoms with van der Waals surface area (Å²) in [5, 5.41) is 4.04. The zero-order chi connectivity index (χ0) is 11.8. The summed E-state index contributed by atoms with van der Waals surface area (Å²) in [6.07, 6.45) is 3.02. The topological polar surface area (TPSA) is 30.7 Å². The molecule has 0 amide bonds. The zero-order valence-electron chi connectivity index (χ0n) is 9.61. The Morgan fingerprint density at radius 2 is 2.00 bits per heavy atom. The van der Waals surface area contributed by atoms with Crippen molar-refractivity contribution in [2.75, 3.05) is 0 Å². The van der Waals surface area contributed by atoms with Crippen LogP contribution in [0.1, 0.15) is 26.3 Å². The summed E-state index contributed by atoms with van der Waals surface area (Å²) in [6.45, 7) is 5.93. The first-order valence-electron chi connectivity index (χ1n) is 5.14. The maximum atomic E-state index is 13.9. The minimum Gasteiger partial charge on any atom is -0.223 e. The van der Waals surface area contributed by atoms with Gasteiger partial charge in [0.1, 0.15) is 18.5 Å². The van der Waals surface area contributed by atoms with Gasteiger partial charge in [0.2, 0.25) is 0 Å². The van der Waals surface area contributed by atoms with Crippen LogP contribution in [0.2, 0.25) is 0 Å². The summed E-state index contributed by atoms with van der Waals surface area (Å²) >= 11 is 0. The highest BCUT2D eigenvalue weighted by atomic mass is 19.1. The molecule has 3 nitrogen and oxygen atoms in total. The van der Waals surface area contributed by atoms with Crippen LogP contribution in [0, 0.1) is 5.82 Å². The van der Waals surface area contributed by atoms with Gasteiger partial charge in [-0.2, -0.15) is 5.10 Å². The van der Waals surface area contributed by atoms with Crippen molar-refractivity contribution in [1.29, 1.82) is 0 Å². The van der Waals surface area contributed by atoms with E-state index in [0.29, 0.717) is 5.56 Å². The fourth-order valence-electron chi connectivity index (χ4n) is 1.78. The number of benzene rings is 1. The highest BCUT2D eigenvalue weighted by Gasteiger charge is 2.23. The molecule has 1 aromatic heterocycles. The van der Waals surface area contributed by atoms with Crippen molar-refractivity contribution < 1.29 is 4.39 Å². The van der Waals surface area contributed by atoms with Crippen molar-refractivity contribution in [2.45, 2.75) is 26.2 Å². The van der Waals surface area contributed by atoms with Crippen LogP contribution in [0.25, 0.3) is 5.69 Å². The number of nitrogens with zero attached hydrogens (tertiary/aromatic N) is 3. The van der Waals surface area contributed by atoms with Gasteiger partial charge in [0.05, 0.1) is 5.69 Å². The van der Waals surface area contributed by atoms with E-state index in [1.165, 1.54) is 12.4 Å². The molecule has 0 fully saturated rings. The summed E-state index contributed by atoms with van der Waals surface area (Å²) in [4.78, 5) is 3.88. The number of hydrogen-bond donors (Lipinski definition) is 0. The van der Waals surface area contributed by atoms with Crippen LogP contribution in [0.5, 0.6) is 0 Å². The van der Waals surface area contributed by atoms with Crippen molar-refractivity contribution in [3.8, 4) is 5.69 Å². The second-order valence-corrected chi connectivity index (χ2v) is 4.72. The van der Waals surface area contributed by atoms with Gasteiger partial charge in [0.25, 0.3) is 0 Å². The first-order chi connectivity index (χ1) is 7.50. The second kappa shape index (κ2) is 3.70. The molecule has 4 heteroatoms. The number of aromatic nitrogens is 3. The fourth-order valence-corrected chi connectivity index (χ4v) is 1.78. The molecule has 0 radical (unpaired) electrons. The van der Waals surface area contributed by atoms with Crippen LogP contribution >= 0.6 is 0 Å². The van der Waals surface area contributed by atoms with Crippen LogP contribution in [-0.4, -0.2) is 14.8 Å². The van der Waals surface area contributed by atoms with Gasteiger partial charge in [-0.3, -0.25) is 0 Å². The SMILES string of the molecule is CC(C)(C)c1c(F)cccc1-n1cncn1. The zero-order valence-corrected chi connectivity index (χ0v) is 9.61. The lowest BCUT2D eigenvalue weighted by atomic mass is 9.85. The third-order valence-corrected chi connectivity index (χ3v) is 2.41. The third-order valence-electron chi connectivity index (χ3n) is 2.41. The molecule has 84 valence electrons. The van der Waals surface area contributed by atoms with E-state index in [1.54, 1.807) is 17.1 Å². The number of halogens is 1. The Kier molecular flexibility index (Phi) is 2.50. The molecular weight excluding hydrogens is 205 g/mol. The van der Waals surface area contributed by atoms with Gasteiger partial charge in [-0.25, -0.2) is 14.1 Å². The highest BCUT2D eigenvalue weighted by Crippen LogP contribution is 2.30. The maximum absolute atomic E-state index is 13.9. The van der Waals surface area contributed by atoms with Crippen LogP contribution in [0.15, 0.2) is 30.9 Å². The molecule has 2 rings (SSSR count). The van der Waals surface area contributed by atoms with Gasteiger partial charge >= 0.3 is 0 Å². The predicted molar refractivity (Wildman–Crippen MR) is 60.0 cm³/mol. The monoisotopic (exact) mass is 219 g/mol. The van der Waals surface area contributed by atoms with Crippen LogP contribution in [0.4, 0.5) is 4.39 Å². The molecule has 0 unspecified atom stereocenters. The Bertz CT molecular complexity index is 483. The second-order valence-electron chi connectivity index (χ2n) is 4.72. The molecule has 0 bridgehead atoms. The average Bonchev–Trinajstić information content (AvgIpc) is 2.67. The van der Waals surface area contributed by atoms with E-state index in [-0.39, 0.29) is 11.2 Å². The van der Waals surface area contributed by atoms with Crippen molar-refractivity contribution in [2.24, 2.45) is 0 Å². The number of rotatable bonds is 1. The molecule has 1 heterocycles. The Labute approximate surface area is 93.9 Å². The lowest BCUT2D eigenvalue weighted by Gasteiger charge is -2.23. The van der Waals surface area contributed by atoms with E-state index >= 15 is 0 Å². The number of hydrogen-bond acceptors (Lipinski definition) is 2. The summed E-state index contributed by atoms with van der Waals surface area (Å²) in [6, 6.07) is 5.00. The summed E-state index contributed by atoms with van der Waals surface area (Å²) in [5.41, 5.74) is 1.12. The van der Waals surface area contributed by atoms with Crippen molar-refractivity contribution in [1.82, 2.24) is 14.8 Å². The molecule has 0 saturated heterocycles. The molecule has 0 aliphatic carbocycles. The van der Waals surface area contributed by atoms with Gasteiger partial charge in [-0.05, 0) is 17.5 Å². The maximum Gasteiger partial charge on any atom is 0.138 e. The molecule has 0 aliphatic heterocycles. The molecule has 0 N–H and O–H groups in total. The summed E-state index contributed by atoms with van der Waals surface area (Å²) in [7, 11) is 0. The van der Waals surface area contributed by atoms with E-state index in [2.05, 4.69) is 10.1 Å². The predicted octanol–water partition coefficient (Wildman–Crippen LogP) is 2.70. The third kappa shape index (κ3) is 1.83. The average molecular weight is 219 g/mol. The smallest absolute Gasteiger partial charge is 0.138 e. The molecule has 0 spiro atoms. The molecular formula is C12H14FN3. The van der Waals surface area contributed by atoms with Crippen molar-refractivity contribution in [3.05, 3.63) is 42.2 Å². The Morgan fingerprint density at radius 1 is 1.25 bits per heavy atom. The van der Waals surface area contributed by atoms with Gasteiger partial charge in [-0.1, -0.05) is 26.8 Å². The Hall–Kier alpha value is -1.71. The van der Waals surface area contributed by atoms with E-state index < -0.39 is 0 Å². The van der Waals surface area contributed by atoms with Crippen molar-refractivity contribution in [3.63, 3.8) is 0 Å². The molecule has 0 saturated carbocycles. The minimum absolute atomic E-state index is 0.208. The van der Waals surface area contributed by atoms with E-state index in [9.17, 15) is 4.39 Å². The first-order valence-corrected chi connectivity index (χ1v) is 5.14. The Morgan fingerprint density at radius 3 is 2.56 bits per heavy atom. The fraction of sp³-hybridized carbons (Fsp3) is 0.333. The molecule has 0 atom stereocenters. The quantitative estimate of drug-likeness (QED) is 0.738. The molecule has 1 aromatic carbocycles. The van der Waals surface area contributed by atoms with Gasteiger partial charge in [0, 0.05) is 5.56 Å². The molecule has 2 aromatic rings. The lowest BCUT2D eigenvalue weighted by Crippen LogP contribution is -2.17. The van der Waals surface area contributed by atoms with Crippen molar-refractivity contribution >= 4 is 0 Å². The lowest BCUT2D eigenvalue weighted by molar-refractivity contribution is 0.518. The van der Waals surface area contributed by atoms with Crippen LogP contribution in [0.3, 0.4) is 0 Å². The first kappa shape index (κ1) is 10.8.